The molecule has 1 saturated heterocycles. The van der Waals surface area contributed by atoms with Crippen molar-refractivity contribution in [3.8, 4) is 11.8 Å². The van der Waals surface area contributed by atoms with Gasteiger partial charge in [-0.1, -0.05) is 12.1 Å². The predicted molar refractivity (Wildman–Crippen MR) is 85.6 cm³/mol. The van der Waals surface area contributed by atoms with Crippen LogP contribution >= 0.6 is 0 Å². The Morgan fingerprint density at radius 1 is 1.29 bits per heavy atom. The first-order valence-corrected chi connectivity index (χ1v) is 7.74. The highest BCUT2D eigenvalue weighted by Crippen LogP contribution is 2.25. The number of nitrogens with one attached hydrogen (secondary N) is 1. The van der Waals surface area contributed by atoms with Gasteiger partial charge in [-0.3, -0.25) is 4.79 Å². The third-order valence-corrected chi connectivity index (χ3v) is 3.76. The van der Waals surface area contributed by atoms with E-state index in [1.807, 2.05) is 0 Å². The molecule has 0 saturated carbocycles. The van der Waals surface area contributed by atoms with Gasteiger partial charge in [-0.05, 0) is 38.8 Å². The molecule has 7 heteroatoms. The Bertz CT molecular complexity index is 737. The van der Waals surface area contributed by atoms with Crippen molar-refractivity contribution in [1.82, 2.24) is 9.97 Å². The van der Waals surface area contributed by atoms with Gasteiger partial charge in [0, 0.05) is 6.61 Å². The molecule has 2 heterocycles. The molecule has 1 aromatic heterocycles. The summed E-state index contributed by atoms with van der Waals surface area (Å²) in [7, 11) is 0. The number of anilines is 1. The van der Waals surface area contributed by atoms with Crippen LogP contribution in [0.1, 0.15) is 24.2 Å². The molecule has 0 aliphatic carbocycles. The summed E-state index contributed by atoms with van der Waals surface area (Å²) in [6, 6.07) is 6.06. The summed E-state index contributed by atoms with van der Waals surface area (Å²) in [5.41, 5.74) is 1.61. The maximum Gasteiger partial charge on any atom is 0.322 e. The maximum absolute atomic E-state index is 13.6. The zero-order valence-electron chi connectivity index (χ0n) is 13.5. The van der Waals surface area contributed by atoms with E-state index in [-0.39, 0.29) is 17.7 Å². The maximum atomic E-state index is 13.6. The fourth-order valence-electron chi connectivity index (χ4n) is 2.53. The lowest BCUT2D eigenvalue weighted by atomic mass is 10.2. The summed E-state index contributed by atoms with van der Waals surface area (Å²) in [5, 5.41) is 2.80. The van der Waals surface area contributed by atoms with Crippen molar-refractivity contribution < 1.29 is 18.7 Å². The first kappa shape index (κ1) is 16.3. The molecule has 0 radical (unpaired) electrons. The van der Waals surface area contributed by atoms with E-state index < -0.39 is 11.9 Å². The van der Waals surface area contributed by atoms with E-state index in [2.05, 4.69) is 15.3 Å². The van der Waals surface area contributed by atoms with E-state index in [1.54, 1.807) is 26.0 Å². The van der Waals surface area contributed by atoms with Crippen LogP contribution in [0.25, 0.3) is 0 Å². The molecule has 1 amide bonds. The highest BCUT2D eigenvalue weighted by Gasteiger charge is 2.25. The minimum atomic E-state index is -0.493. The zero-order chi connectivity index (χ0) is 17.1. The standard InChI is InChI=1S/C17H18FN3O3/c1-10-15(21-16(22)14-8-5-9-23-14)11(2)20-17(19-10)24-13-7-4-3-6-12(13)18/h3-4,6-7,14H,5,8-9H2,1-2H3,(H,21,22). The van der Waals surface area contributed by atoms with Crippen LogP contribution in [0, 0.1) is 19.7 Å². The van der Waals surface area contributed by atoms with Gasteiger partial charge in [0.25, 0.3) is 5.91 Å². The van der Waals surface area contributed by atoms with E-state index in [1.165, 1.54) is 12.1 Å². The smallest absolute Gasteiger partial charge is 0.322 e. The summed E-state index contributed by atoms with van der Waals surface area (Å²) in [4.78, 5) is 20.6. The van der Waals surface area contributed by atoms with Gasteiger partial charge in [0.15, 0.2) is 11.6 Å². The lowest BCUT2D eigenvalue weighted by Crippen LogP contribution is -2.28. The quantitative estimate of drug-likeness (QED) is 0.932. The van der Waals surface area contributed by atoms with E-state index in [0.717, 1.165) is 6.42 Å². The molecule has 1 N–H and O–H groups in total. The van der Waals surface area contributed by atoms with Gasteiger partial charge in [0.1, 0.15) is 6.10 Å². The van der Waals surface area contributed by atoms with E-state index in [9.17, 15) is 9.18 Å². The first-order valence-electron chi connectivity index (χ1n) is 7.74. The Morgan fingerprint density at radius 3 is 2.62 bits per heavy atom. The third-order valence-electron chi connectivity index (χ3n) is 3.76. The second kappa shape index (κ2) is 6.92. The van der Waals surface area contributed by atoms with E-state index in [4.69, 9.17) is 9.47 Å². The number of carbonyl (C=O) groups is 1. The molecule has 1 unspecified atom stereocenters. The third kappa shape index (κ3) is 3.51. The van der Waals surface area contributed by atoms with Crippen LogP contribution in [0.2, 0.25) is 0 Å². The molecule has 0 spiro atoms. The van der Waals surface area contributed by atoms with Crippen molar-refractivity contribution in [2.75, 3.05) is 11.9 Å². The predicted octanol–water partition coefficient (Wildman–Crippen LogP) is 3.14. The average molecular weight is 331 g/mol. The van der Waals surface area contributed by atoms with Gasteiger partial charge in [-0.25, -0.2) is 4.39 Å². The number of para-hydroxylation sites is 1. The van der Waals surface area contributed by atoms with Crippen molar-refractivity contribution in [2.24, 2.45) is 0 Å². The van der Waals surface area contributed by atoms with E-state index in [0.29, 0.717) is 30.1 Å². The van der Waals surface area contributed by atoms with Crippen molar-refractivity contribution in [1.29, 1.82) is 0 Å². The Morgan fingerprint density at radius 2 is 2.00 bits per heavy atom. The lowest BCUT2D eigenvalue weighted by Gasteiger charge is -2.14. The van der Waals surface area contributed by atoms with Crippen molar-refractivity contribution in [3.05, 3.63) is 41.5 Å². The topological polar surface area (TPSA) is 73.3 Å². The molecule has 1 aliphatic heterocycles. The van der Waals surface area contributed by atoms with Crippen molar-refractivity contribution in [3.63, 3.8) is 0 Å². The number of aromatic nitrogens is 2. The molecular formula is C17H18FN3O3. The molecule has 0 bridgehead atoms. The van der Waals surface area contributed by atoms with Gasteiger partial charge in [-0.2, -0.15) is 9.97 Å². The van der Waals surface area contributed by atoms with Gasteiger partial charge in [0.05, 0.1) is 17.1 Å². The number of aryl methyl sites for hydroxylation is 2. The summed E-state index contributed by atoms with van der Waals surface area (Å²) in [6.45, 7) is 4.06. The summed E-state index contributed by atoms with van der Waals surface area (Å²) < 4.78 is 24.4. The van der Waals surface area contributed by atoms with Crippen LogP contribution in [0.5, 0.6) is 11.8 Å². The number of benzene rings is 1. The van der Waals surface area contributed by atoms with Gasteiger partial charge in [0.2, 0.25) is 0 Å². The number of hydrogen-bond donors (Lipinski definition) is 1. The molecule has 2 aromatic rings. The molecule has 24 heavy (non-hydrogen) atoms. The lowest BCUT2D eigenvalue weighted by molar-refractivity contribution is -0.124. The van der Waals surface area contributed by atoms with Crippen LogP contribution in [0.4, 0.5) is 10.1 Å². The highest BCUT2D eigenvalue weighted by atomic mass is 19.1. The largest absolute Gasteiger partial charge is 0.421 e. The Labute approximate surface area is 139 Å². The van der Waals surface area contributed by atoms with Crippen molar-refractivity contribution in [2.45, 2.75) is 32.8 Å². The summed E-state index contributed by atoms with van der Waals surface area (Å²) in [6.07, 6.45) is 1.15. The van der Waals surface area contributed by atoms with Crippen LogP contribution < -0.4 is 10.1 Å². The number of hydrogen-bond acceptors (Lipinski definition) is 5. The molecule has 1 atom stereocenters. The molecule has 6 nitrogen and oxygen atoms in total. The summed E-state index contributed by atoms with van der Waals surface area (Å²) >= 11 is 0. The number of carbonyl (C=O) groups excluding carboxylic acids is 1. The van der Waals surface area contributed by atoms with Crippen LogP contribution in [-0.2, 0) is 9.53 Å². The average Bonchev–Trinajstić information content (AvgIpc) is 3.07. The molecule has 1 aromatic carbocycles. The Hall–Kier alpha value is -2.54. The fraction of sp³-hybridized carbons (Fsp3) is 0.353. The van der Waals surface area contributed by atoms with Gasteiger partial charge in [-0.15, -0.1) is 0 Å². The zero-order valence-corrected chi connectivity index (χ0v) is 13.5. The normalized spacial score (nSPS) is 16.9. The Kier molecular flexibility index (Phi) is 4.71. The fourth-order valence-corrected chi connectivity index (χ4v) is 2.53. The number of halogens is 1. The van der Waals surface area contributed by atoms with Crippen LogP contribution in [-0.4, -0.2) is 28.6 Å². The summed E-state index contributed by atoms with van der Waals surface area (Å²) in [5.74, 6) is -0.648. The Balaban J connectivity index is 1.78. The van der Waals surface area contributed by atoms with Crippen molar-refractivity contribution >= 4 is 11.6 Å². The highest BCUT2D eigenvalue weighted by molar-refractivity contribution is 5.95. The molecule has 3 rings (SSSR count). The first-order chi connectivity index (χ1) is 11.5. The number of nitrogens with zero attached hydrogens (tertiary/aromatic N) is 2. The second-order valence-electron chi connectivity index (χ2n) is 5.58. The molecule has 1 fully saturated rings. The van der Waals surface area contributed by atoms with Crippen LogP contribution in [0.15, 0.2) is 24.3 Å². The van der Waals surface area contributed by atoms with Gasteiger partial charge < -0.3 is 14.8 Å². The number of ether oxygens (including phenoxy) is 2. The molecule has 1 aliphatic rings. The van der Waals surface area contributed by atoms with E-state index >= 15 is 0 Å². The molecular weight excluding hydrogens is 313 g/mol. The monoisotopic (exact) mass is 331 g/mol. The SMILES string of the molecule is Cc1nc(Oc2ccccc2F)nc(C)c1NC(=O)C1CCCO1. The molecule has 126 valence electrons. The second-order valence-corrected chi connectivity index (χ2v) is 5.58. The number of amides is 1. The van der Waals surface area contributed by atoms with Crippen LogP contribution in [0.3, 0.4) is 0 Å². The minimum Gasteiger partial charge on any atom is -0.421 e. The van der Waals surface area contributed by atoms with Gasteiger partial charge >= 0.3 is 6.01 Å². The minimum absolute atomic E-state index is 0.0326. The number of rotatable bonds is 4.